The lowest BCUT2D eigenvalue weighted by atomic mass is 10.1. The highest BCUT2D eigenvalue weighted by molar-refractivity contribution is 6.08. The average molecular weight is 364 g/mol. The molecule has 2 heterocycles. The van der Waals surface area contributed by atoms with E-state index < -0.39 is 0 Å². The lowest BCUT2D eigenvalue weighted by Crippen LogP contribution is -2.29. The fourth-order valence-corrected chi connectivity index (χ4v) is 3.46. The molecule has 138 valence electrons. The first-order chi connectivity index (χ1) is 13.2. The van der Waals surface area contributed by atoms with Gasteiger partial charge in [-0.05, 0) is 36.2 Å². The number of methoxy groups -OCH3 is 3. The maximum absolute atomic E-state index is 13.2. The van der Waals surface area contributed by atoms with Gasteiger partial charge in [-0.2, -0.15) is 0 Å². The van der Waals surface area contributed by atoms with E-state index in [9.17, 15) is 4.79 Å². The van der Waals surface area contributed by atoms with Crippen molar-refractivity contribution in [3.05, 3.63) is 53.6 Å². The first-order valence-corrected chi connectivity index (χ1v) is 8.66. The monoisotopic (exact) mass is 364 g/mol. The van der Waals surface area contributed by atoms with Gasteiger partial charge in [0.15, 0.2) is 11.5 Å². The normalized spacial score (nSPS) is 12.8. The lowest BCUT2D eigenvalue weighted by Gasteiger charge is -2.19. The minimum absolute atomic E-state index is 0.143. The van der Waals surface area contributed by atoms with Gasteiger partial charge in [-0.1, -0.05) is 18.2 Å². The molecule has 0 saturated heterocycles. The Hall–Kier alpha value is -3.28. The van der Waals surface area contributed by atoms with Crippen LogP contribution in [0, 0.1) is 0 Å². The third-order valence-corrected chi connectivity index (χ3v) is 4.80. The highest BCUT2D eigenvalue weighted by Crippen LogP contribution is 2.39. The quantitative estimate of drug-likeness (QED) is 0.709. The van der Waals surface area contributed by atoms with Crippen LogP contribution in [0.5, 0.6) is 17.2 Å². The number of para-hydroxylation sites is 1. The van der Waals surface area contributed by atoms with Crippen LogP contribution in [-0.4, -0.2) is 38.8 Å². The second kappa shape index (κ2) is 6.79. The number of ether oxygens (including phenoxy) is 3. The van der Waals surface area contributed by atoms with Crippen LogP contribution in [0.3, 0.4) is 0 Å². The highest BCUT2D eigenvalue weighted by atomic mass is 16.5. The summed E-state index contributed by atoms with van der Waals surface area (Å²) in [5.41, 5.74) is 2.42. The number of nitrogens with zero attached hydrogens (tertiary/aromatic N) is 2. The minimum atomic E-state index is -0.143. The molecule has 2 aromatic carbocycles. The Labute approximate surface area is 157 Å². The van der Waals surface area contributed by atoms with Crippen molar-refractivity contribution in [3.8, 4) is 17.2 Å². The number of aromatic nitrogens is 1. The molecule has 27 heavy (non-hydrogen) atoms. The predicted octanol–water partition coefficient (Wildman–Crippen LogP) is 3.46. The van der Waals surface area contributed by atoms with Crippen LogP contribution in [-0.2, 0) is 6.42 Å². The van der Waals surface area contributed by atoms with E-state index in [-0.39, 0.29) is 5.91 Å². The molecule has 0 spiro atoms. The van der Waals surface area contributed by atoms with Gasteiger partial charge in [-0.3, -0.25) is 9.69 Å². The largest absolute Gasteiger partial charge is 0.493 e. The number of carbonyl (C=O) groups excluding carboxylic acids is 1. The molecule has 6 nitrogen and oxygen atoms in total. The summed E-state index contributed by atoms with van der Waals surface area (Å²) >= 11 is 0. The first kappa shape index (κ1) is 17.1. The topological polar surface area (TPSA) is 60.9 Å². The van der Waals surface area contributed by atoms with E-state index in [1.165, 1.54) is 21.3 Å². The van der Waals surface area contributed by atoms with Gasteiger partial charge in [0.25, 0.3) is 5.91 Å². The maximum atomic E-state index is 13.2. The molecule has 0 unspecified atom stereocenters. The zero-order valence-corrected chi connectivity index (χ0v) is 15.5. The number of carbonyl (C=O) groups is 1. The first-order valence-electron chi connectivity index (χ1n) is 8.66. The number of fused-ring (bicyclic) bond motifs is 2. The second-order valence-corrected chi connectivity index (χ2v) is 6.28. The summed E-state index contributed by atoms with van der Waals surface area (Å²) in [6.07, 6.45) is 0.781. The number of hydrogen-bond donors (Lipinski definition) is 0. The standard InChI is InChI=1S/C21H20N2O4/c1-25-17-11-15(12-18(26-2)19(17)27-3)21(24)23-9-8-14-10-13-6-4-5-7-16(13)22-20(14)23/h4-7,10-12H,8-9H2,1-3H3. The summed E-state index contributed by atoms with van der Waals surface area (Å²) in [5.74, 6) is 1.93. The molecule has 1 amide bonds. The summed E-state index contributed by atoms with van der Waals surface area (Å²) in [6, 6.07) is 13.4. The minimum Gasteiger partial charge on any atom is -0.493 e. The highest BCUT2D eigenvalue weighted by Gasteiger charge is 2.29. The van der Waals surface area contributed by atoms with Crippen LogP contribution in [0.15, 0.2) is 42.5 Å². The van der Waals surface area contributed by atoms with E-state index in [0.717, 1.165) is 22.9 Å². The van der Waals surface area contributed by atoms with Gasteiger partial charge >= 0.3 is 0 Å². The summed E-state index contributed by atoms with van der Waals surface area (Å²) < 4.78 is 16.1. The molecule has 1 aromatic heterocycles. The lowest BCUT2D eigenvalue weighted by molar-refractivity contribution is 0.0988. The van der Waals surface area contributed by atoms with Crippen LogP contribution in [0.1, 0.15) is 15.9 Å². The number of hydrogen-bond acceptors (Lipinski definition) is 5. The van der Waals surface area contributed by atoms with Crippen molar-refractivity contribution in [1.29, 1.82) is 0 Å². The van der Waals surface area contributed by atoms with E-state index in [2.05, 4.69) is 6.07 Å². The molecule has 0 radical (unpaired) electrons. The zero-order valence-electron chi connectivity index (χ0n) is 15.5. The van der Waals surface area contributed by atoms with Crippen molar-refractivity contribution in [1.82, 2.24) is 4.98 Å². The fourth-order valence-electron chi connectivity index (χ4n) is 3.46. The van der Waals surface area contributed by atoms with Gasteiger partial charge in [-0.15, -0.1) is 0 Å². The van der Waals surface area contributed by atoms with Crippen LogP contribution >= 0.6 is 0 Å². The molecule has 0 saturated carbocycles. The Balaban J connectivity index is 1.76. The van der Waals surface area contributed by atoms with Gasteiger partial charge in [0.2, 0.25) is 5.75 Å². The number of pyridine rings is 1. The van der Waals surface area contributed by atoms with Crippen LogP contribution in [0.4, 0.5) is 5.82 Å². The van der Waals surface area contributed by atoms with Crippen molar-refractivity contribution >= 4 is 22.6 Å². The smallest absolute Gasteiger partial charge is 0.259 e. The Morgan fingerprint density at radius 2 is 1.70 bits per heavy atom. The number of anilines is 1. The van der Waals surface area contributed by atoms with Crippen LogP contribution in [0.25, 0.3) is 10.9 Å². The molecule has 1 aliphatic rings. The summed E-state index contributed by atoms with van der Waals surface area (Å²) in [5, 5.41) is 1.08. The maximum Gasteiger partial charge on any atom is 0.259 e. The summed E-state index contributed by atoms with van der Waals surface area (Å²) in [7, 11) is 4.60. The van der Waals surface area contributed by atoms with Crippen molar-refractivity contribution in [2.24, 2.45) is 0 Å². The van der Waals surface area contributed by atoms with Crippen molar-refractivity contribution in [2.45, 2.75) is 6.42 Å². The molecular weight excluding hydrogens is 344 g/mol. The average Bonchev–Trinajstić information content (AvgIpc) is 3.12. The molecule has 0 bridgehead atoms. The van der Waals surface area contributed by atoms with E-state index in [1.807, 2.05) is 24.3 Å². The molecule has 0 atom stereocenters. The summed E-state index contributed by atoms with van der Waals surface area (Å²) in [6.45, 7) is 0.591. The number of benzene rings is 2. The predicted molar refractivity (Wildman–Crippen MR) is 103 cm³/mol. The van der Waals surface area contributed by atoms with Crippen molar-refractivity contribution < 1.29 is 19.0 Å². The van der Waals surface area contributed by atoms with Gasteiger partial charge in [-0.25, -0.2) is 4.98 Å². The molecule has 3 aromatic rings. The van der Waals surface area contributed by atoms with Gasteiger partial charge < -0.3 is 14.2 Å². The third-order valence-electron chi connectivity index (χ3n) is 4.80. The summed E-state index contributed by atoms with van der Waals surface area (Å²) in [4.78, 5) is 19.6. The Kier molecular flexibility index (Phi) is 4.32. The molecule has 0 aliphatic carbocycles. The Morgan fingerprint density at radius 3 is 2.37 bits per heavy atom. The molecule has 4 rings (SSSR count). The van der Waals surface area contributed by atoms with Gasteiger partial charge in [0.1, 0.15) is 5.82 Å². The van der Waals surface area contributed by atoms with Crippen LogP contribution in [0.2, 0.25) is 0 Å². The van der Waals surface area contributed by atoms with E-state index in [4.69, 9.17) is 19.2 Å². The van der Waals surface area contributed by atoms with Crippen molar-refractivity contribution in [3.63, 3.8) is 0 Å². The van der Waals surface area contributed by atoms with E-state index >= 15 is 0 Å². The number of amides is 1. The van der Waals surface area contributed by atoms with E-state index in [0.29, 0.717) is 35.2 Å². The SMILES string of the molecule is COc1cc(C(=O)N2CCc3cc4ccccc4nc32)cc(OC)c1OC. The fraction of sp³-hybridized carbons (Fsp3) is 0.238. The molecular formula is C21H20N2O4. The third kappa shape index (κ3) is 2.83. The van der Waals surface area contributed by atoms with Gasteiger partial charge in [0, 0.05) is 17.5 Å². The van der Waals surface area contributed by atoms with Crippen molar-refractivity contribution in [2.75, 3.05) is 32.8 Å². The molecule has 0 fully saturated rings. The number of rotatable bonds is 4. The van der Waals surface area contributed by atoms with Crippen LogP contribution < -0.4 is 19.1 Å². The zero-order chi connectivity index (χ0) is 19.0. The second-order valence-electron chi connectivity index (χ2n) is 6.28. The van der Waals surface area contributed by atoms with Gasteiger partial charge in [0.05, 0.1) is 26.8 Å². The molecule has 0 N–H and O–H groups in total. The molecule has 6 heteroatoms. The Morgan fingerprint density at radius 1 is 1.00 bits per heavy atom. The Bertz CT molecular complexity index is 1010. The molecule has 1 aliphatic heterocycles. The van der Waals surface area contributed by atoms with E-state index in [1.54, 1.807) is 17.0 Å².